The van der Waals surface area contributed by atoms with Crippen molar-refractivity contribution >= 4 is 34.0 Å². The van der Waals surface area contributed by atoms with Gasteiger partial charge in [-0.3, -0.25) is 23.7 Å². The molecule has 1 aliphatic heterocycles. The van der Waals surface area contributed by atoms with E-state index in [0.29, 0.717) is 13.3 Å². The van der Waals surface area contributed by atoms with Crippen molar-refractivity contribution in [1.82, 2.24) is 0 Å². The molecular weight excluding hydrogens is 562 g/mol. The first kappa shape index (κ1) is 30.6. The van der Waals surface area contributed by atoms with Crippen LogP contribution in [0.1, 0.15) is 72.1 Å². The van der Waals surface area contributed by atoms with Crippen LogP contribution in [0.15, 0.2) is 0 Å². The van der Waals surface area contributed by atoms with Crippen molar-refractivity contribution in [2.24, 2.45) is 23.7 Å². The van der Waals surface area contributed by atoms with Crippen LogP contribution in [0.2, 0.25) is 0 Å². The molecule has 4 rings (SSSR count). The summed E-state index contributed by atoms with van der Waals surface area (Å²) in [7, 11) is -5.83. The molecule has 0 aromatic heterocycles. The molecule has 4 aliphatic rings. The number of ether oxygens (including phenoxy) is 5. The number of alkyl halides is 2. The summed E-state index contributed by atoms with van der Waals surface area (Å²) in [6.07, 6.45) is -0.346. The Morgan fingerprint density at radius 3 is 2.33 bits per heavy atom. The lowest BCUT2D eigenvalue weighted by Gasteiger charge is -2.35. The fourth-order valence-corrected chi connectivity index (χ4v) is 6.80. The highest BCUT2D eigenvalue weighted by Crippen LogP contribution is 2.59. The van der Waals surface area contributed by atoms with E-state index in [1.165, 1.54) is 0 Å². The number of halogens is 2. The second-order valence-corrected chi connectivity index (χ2v) is 12.8. The molecule has 40 heavy (non-hydrogen) atoms. The Morgan fingerprint density at radius 2 is 1.70 bits per heavy atom. The highest BCUT2D eigenvalue weighted by molar-refractivity contribution is 7.86. The van der Waals surface area contributed by atoms with Crippen LogP contribution in [0.25, 0.3) is 0 Å². The lowest BCUT2D eigenvalue weighted by Crippen LogP contribution is -2.46. The molecule has 3 aliphatic carbocycles. The molecular formula is C25H34F2O12S. The summed E-state index contributed by atoms with van der Waals surface area (Å²) in [5.41, 5.74) is 0. The molecule has 0 radical (unpaired) electrons. The molecule has 1 saturated heterocycles. The molecule has 1 N–H and O–H groups in total. The third-order valence-corrected chi connectivity index (χ3v) is 9.11. The van der Waals surface area contributed by atoms with E-state index in [4.69, 9.17) is 23.5 Å². The summed E-state index contributed by atoms with van der Waals surface area (Å²) in [6, 6.07) is 0. The standard InChI is InChI=1S/C25H34F2O12S/c1-12(25(26,27)40(32,33)34)35-16(28)9-10-17(29)36-20-15-11-14-18(22(30)37-21(14)20)19(15)23(31)39-24(2,3)38-13-7-5-4-6-8-13/h12-15,18-21H,4-11H2,1-3H3,(H,32,33,34). The normalized spacial score (nSPS) is 31.0. The Kier molecular flexibility index (Phi) is 8.50. The zero-order chi connectivity index (χ0) is 29.6. The van der Waals surface area contributed by atoms with E-state index < -0.39 is 93.9 Å². The maximum absolute atomic E-state index is 13.6. The predicted octanol–water partition coefficient (Wildman–Crippen LogP) is 2.53. The van der Waals surface area contributed by atoms with E-state index in [0.717, 1.165) is 32.1 Å². The Bertz CT molecular complexity index is 1130. The number of carbonyl (C=O) groups excluding carboxylic acids is 4. The molecule has 1 heterocycles. The first-order valence-electron chi connectivity index (χ1n) is 13.4. The first-order chi connectivity index (χ1) is 18.5. The van der Waals surface area contributed by atoms with Gasteiger partial charge in [-0.15, -0.1) is 0 Å². The molecule has 7 unspecified atom stereocenters. The fourth-order valence-electron chi connectivity index (χ4n) is 6.34. The van der Waals surface area contributed by atoms with Gasteiger partial charge in [0.1, 0.15) is 12.2 Å². The molecule has 226 valence electrons. The zero-order valence-corrected chi connectivity index (χ0v) is 23.2. The number of fused-ring (bicyclic) bond motifs is 1. The number of hydrogen-bond donors (Lipinski definition) is 1. The Balaban J connectivity index is 1.33. The van der Waals surface area contributed by atoms with Crippen LogP contribution in [0.3, 0.4) is 0 Å². The minimum absolute atomic E-state index is 0.0416. The van der Waals surface area contributed by atoms with Crippen LogP contribution >= 0.6 is 0 Å². The predicted molar refractivity (Wildman–Crippen MR) is 128 cm³/mol. The molecule has 0 aromatic carbocycles. The molecule has 0 amide bonds. The van der Waals surface area contributed by atoms with Crippen LogP contribution in [-0.2, 0) is 53.0 Å². The van der Waals surface area contributed by atoms with Crippen LogP contribution in [0.4, 0.5) is 8.78 Å². The van der Waals surface area contributed by atoms with E-state index in [1.807, 2.05) is 0 Å². The van der Waals surface area contributed by atoms with Crippen molar-refractivity contribution in [3.8, 4) is 0 Å². The van der Waals surface area contributed by atoms with Crippen molar-refractivity contribution in [2.75, 3.05) is 0 Å². The average Bonchev–Trinajstić information content (AvgIpc) is 3.46. The van der Waals surface area contributed by atoms with Gasteiger partial charge in [-0.05, 0) is 26.2 Å². The molecule has 4 fully saturated rings. The van der Waals surface area contributed by atoms with E-state index in [1.54, 1.807) is 13.8 Å². The molecule has 0 spiro atoms. The molecule has 3 saturated carbocycles. The number of esters is 4. The molecule has 15 heteroatoms. The van der Waals surface area contributed by atoms with E-state index in [9.17, 15) is 36.4 Å². The Morgan fingerprint density at radius 1 is 1.07 bits per heavy atom. The summed E-state index contributed by atoms with van der Waals surface area (Å²) in [5, 5.41) is -4.74. The van der Waals surface area contributed by atoms with Crippen LogP contribution in [0, 0.1) is 23.7 Å². The van der Waals surface area contributed by atoms with E-state index in [2.05, 4.69) is 4.74 Å². The maximum Gasteiger partial charge on any atom is 0.405 e. The molecule has 7 atom stereocenters. The first-order valence-corrected chi connectivity index (χ1v) is 14.8. The van der Waals surface area contributed by atoms with Crippen molar-refractivity contribution in [3.63, 3.8) is 0 Å². The van der Waals surface area contributed by atoms with Crippen molar-refractivity contribution in [2.45, 2.75) is 108 Å². The molecule has 0 aromatic rings. The summed E-state index contributed by atoms with van der Waals surface area (Å²) >= 11 is 0. The van der Waals surface area contributed by atoms with Crippen LogP contribution < -0.4 is 0 Å². The lowest BCUT2D eigenvalue weighted by molar-refractivity contribution is -0.241. The quantitative estimate of drug-likeness (QED) is 0.160. The van der Waals surface area contributed by atoms with Crippen molar-refractivity contribution in [3.05, 3.63) is 0 Å². The van der Waals surface area contributed by atoms with Crippen molar-refractivity contribution < 1.29 is 64.6 Å². The van der Waals surface area contributed by atoms with Crippen LogP contribution in [0.5, 0.6) is 0 Å². The van der Waals surface area contributed by atoms with Gasteiger partial charge < -0.3 is 23.7 Å². The zero-order valence-electron chi connectivity index (χ0n) is 22.4. The summed E-state index contributed by atoms with van der Waals surface area (Å²) in [5.74, 6) is -7.32. The number of carbonyl (C=O) groups is 4. The second kappa shape index (κ2) is 11.1. The largest absolute Gasteiger partial charge is 0.458 e. The highest BCUT2D eigenvalue weighted by Gasteiger charge is 2.70. The highest BCUT2D eigenvalue weighted by atomic mass is 32.2. The fraction of sp³-hybridized carbons (Fsp3) is 0.840. The lowest BCUT2D eigenvalue weighted by atomic mass is 9.78. The van der Waals surface area contributed by atoms with Gasteiger partial charge in [-0.1, -0.05) is 19.3 Å². The van der Waals surface area contributed by atoms with Gasteiger partial charge in [-0.2, -0.15) is 17.2 Å². The number of hydrogen-bond acceptors (Lipinski definition) is 11. The number of rotatable bonds is 11. The summed E-state index contributed by atoms with van der Waals surface area (Å²) in [4.78, 5) is 50.3. The van der Waals surface area contributed by atoms with Gasteiger partial charge in [0.25, 0.3) is 0 Å². The third-order valence-electron chi connectivity index (χ3n) is 8.09. The van der Waals surface area contributed by atoms with Gasteiger partial charge in [-0.25, -0.2) is 0 Å². The Labute approximate surface area is 230 Å². The van der Waals surface area contributed by atoms with E-state index >= 15 is 0 Å². The van der Waals surface area contributed by atoms with Gasteiger partial charge in [0.05, 0.1) is 30.8 Å². The molecule has 2 bridgehead atoms. The summed E-state index contributed by atoms with van der Waals surface area (Å²) in [6.45, 7) is 3.84. The second-order valence-electron chi connectivity index (χ2n) is 11.3. The third kappa shape index (κ3) is 6.10. The van der Waals surface area contributed by atoms with Gasteiger partial charge in [0, 0.05) is 25.7 Å². The van der Waals surface area contributed by atoms with Crippen LogP contribution in [-0.4, -0.2) is 72.3 Å². The van der Waals surface area contributed by atoms with Gasteiger partial charge in [0.15, 0.2) is 6.10 Å². The van der Waals surface area contributed by atoms with E-state index in [-0.39, 0.29) is 12.0 Å². The maximum atomic E-state index is 13.6. The SMILES string of the molecule is CC(OC(=O)CCC(=O)OC1C2CC3C1OC(=O)C3C2C(=O)OC(C)(C)OC1CCCCC1)C(F)(F)S(=O)(=O)O. The van der Waals surface area contributed by atoms with Crippen molar-refractivity contribution in [1.29, 1.82) is 0 Å². The molecule has 12 nitrogen and oxygen atoms in total. The topological polar surface area (TPSA) is 169 Å². The minimum Gasteiger partial charge on any atom is -0.458 e. The summed E-state index contributed by atoms with van der Waals surface area (Å²) < 4.78 is 84.3. The van der Waals surface area contributed by atoms with Gasteiger partial charge in [0.2, 0.25) is 5.79 Å². The average molecular weight is 597 g/mol. The van der Waals surface area contributed by atoms with Gasteiger partial charge >= 0.3 is 39.2 Å². The monoisotopic (exact) mass is 596 g/mol. The Hall–Kier alpha value is -2.39. The smallest absolute Gasteiger partial charge is 0.405 e. The minimum atomic E-state index is -5.83.